The minimum atomic E-state index is -0.342. The normalized spacial score (nSPS) is 17.9. The van der Waals surface area contributed by atoms with Gasteiger partial charge in [0.25, 0.3) is 0 Å². The Balaban J connectivity index is 1.71. The fourth-order valence-electron chi connectivity index (χ4n) is 2.91. The zero-order valence-corrected chi connectivity index (χ0v) is 14.6. The van der Waals surface area contributed by atoms with E-state index in [1.54, 1.807) is 13.3 Å². The summed E-state index contributed by atoms with van der Waals surface area (Å²) in [6.45, 7) is 2.10. The summed E-state index contributed by atoms with van der Waals surface area (Å²) in [6.07, 6.45) is 4.57. The maximum absolute atomic E-state index is 12.4. The van der Waals surface area contributed by atoms with Gasteiger partial charge in [0, 0.05) is 38.5 Å². The Morgan fingerprint density at radius 2 is 2.24 bits per heavy atom. The summed E-state index contributed by atoms with van der Waals surface area (Å²) >= 11 is 0. The first-order valence-corrected chi connectivity index (χ1v) is 8.40. The van der Waals surface area contributed by atoms with Crippen molar-refractivity contribution in [1.29, 1.82) is 0 Å². The zero-order chi connectivity index (χ0) is 17.6. The monoisotopic (exact) mass is 344 g/mol. The fraction of sp³-hybridized carbons (Fsp3) is 0.444. The second-order valence-electron chi connectivity index (χ2n) is 6.19. The molecule has 1 aromatic carbocycles. The van der Waals surface area contributed by atoms with E-state index in [9.17, 15) is 4.79 Å². The lowest BCUT2D eigenvalue weighted by Gasteiger charge is -2.20. The molecule has 7 heteroatoms. The molecule has 0 aliphatic carbocycles. The highest BCUT2D eigenvalue weighted by molar-refractivity contribution is 5.74. The lowest BCUT2D eigenvalue weighted by atomic mass is 10.1. The number of carbonyl (C=O) groups excluding carboxylic acids is 1. The van der Waals surface area contributed by atoms with Gasteiger partial charge < -0.3 is 24.7 Å². The number of methoxy groups -OCH3 is 1. The van der Waals surface area contributed by atoms with E-state index in [0.717, 1.165) is 30.2 Å². The van der Waals surface area contributed by atoms with Gasteiger partial charge in [-0.25, -0.2) is 9.78 Å². The number of aryl methyl sites for hydroxylation is 1. The van der Waals surface area contributed by atoms with Gasteiger partial charge in [0.05, 0.1) is 13.7 Å². The molecule has 1 aromatic heterocycles. The van der Waals surface area contributed by atoms with Crippen LogP contribution in [0.15, 0.2) is 36.7 Å². The first-order valence-electron chi connectivity index (χ1n) is 8.40. The van der Waals surface area contributed by atoms with Gasteiger partial charge in [0.1, 0.15) is 17.6 Å². The molecule has 3 rings (SSSR count). The van der Waals surface area contributed by atoms with Gasteiger partial charge in [0.15, 0.2) is 0 Å². The first kappa shape index (κ1) is 17.3. The van der Waals surface area contributed by atoms with Gasteiger partial charge in [-0.15, -0.1) is 0 Å². The molecule has 2 heterocycles. The smallest absolute Gasteiger partial charge is 0.315 e. The second kappa shape index (κ2) is 8.02. The molecule has 0 saturated carbocycles. The largest absolute Gasteiger partial charge is 0.497 e. The van der Waals surface area contributed by atoms with E-state index >= 15 is 0 Å². The average Bonchev–Trinajstić information content (AvgIpc) is 3.30. The molecule has 1 saturated heterocycles. The highest BCUT2D eigenvalue weighted by Gasteiger charge is 2.22. The Hall–Kier alpha value is -2.54. The molecular formula is C18H24N4O3. The minimum absolute atomic E-state index is 0.212. The number of hydrogen-bond acceptors (Lipinski definition) is 4. The summed E-state index contributed by atoms with van der Waals surface area (Å²) in [5.74, 6) is 1.93. The maximum Gasteiger partial charge on any atom is 0.315 e. The Kier molecular flexibility index (Phi) is 5.55. The average molecular weight is 344 g/mol. The van der Waals surface area contributed by atoms with Crippen LogP contribution in [0.5, 0.6) is 5.75 Å². The maximum atomic E-state index is 12.4. The minimum Gasteiger partial charge on any atom is -0.497 e. The van der Waals surface area contributed by atoms with Crippen molar-refractivity contribution in [3.05, 3.63) is 48.0 Å². The molecule has 0 bridgehead atoms. The number of benzene rings is 1. The molecule has 0 spiro atoms. The van der Waals surface area contributed by atoms with Gasteiger partial charge in [0.2, 0.25) is 0 Å². The first-order chi connectivity index (χ1) is 12.2. The molecule has 2 aromatic rings. The number of carbonyl (C=O) groups is 1. The summed E-state index contributed by atoms with van der Waals surface area (Å²) in [5, 5.41) is 5.96. The molecule has 1 aliphatic heterocycles. The zero-order valence-electron chi connectivity index (χ0n) is 14.6. The molecule has 1 aliphatic rings. The van der Waals surface area contributed by atoms with Gasteiger partial charge in [-0.2, -0.15) is 0 Å². The van der Waals surface area contributed by atoms with Crippen molar-refractivity contribution in [2.45, 2.75) is 12.5 Å². The topological polar surface area (TPSA) is 77.4 Å². The number of imidazole rings is 1. The third-order valence-corrected chi connectivity index (χ3v) is 4.42. The Bertz CT molecular complexity index is 693. The summed E-state index contributed by atoms with van der Waals surface area (Å²) in [5.41, 5.74) is 0.939. The van der Waals surface area contributed by atoms with Crippen LogP contribution in [-0.2, 0) is 11.8 Å². The van der Waals surface area contributed by atoms with Crippen LogP contribution >= 0.6 is 0 Å². The summed E-state index contributed by atoms with van der Waals surface area (Å²) in [6, 6.07) is 7.06. The summed E-state index contributed by atoms with van der Waals surface area (Å²) in [4.78, 5) is 16.8. The number of nitrogens with zero attached hydrogens (tertiary/aromatic N) is 2. The summed E-state index contributed by atoms with van der Waals surface area (Å²) < 4.78 is 12.4. The van der Waals surface area contributed by atoms with Crippen LogP contribution in [0.2, 0.25) is 0 Å². The fourth-order valence-corrected chi connectivity index (χ4v) is 2.91. The van der Waals surface area contributed by atoms with Crippen LogP contribution in [0.25, 0.3) is 0 Å². The Morgan fingerprint density at radius 1 is 1.44 bits per heavy atom. The molecule has 0 unspecified atom stereocenters. The number of amides is 2. The van der Waals surface area contributed by atoms with Crippen LogP contribution in [0.3, 0.4) is 0 Å². The SMILES string of the molecule is COc1ccc([C@H](NC(=O)NC[C@H]2CCOC2)c2nccn2C)cc1. The van der Waals surface area contributed by atoms with Crippen molar-refractivity contribution >= 4 is 6.03 Å². The van der Waals surface area contributed by atoms with Gasteiger partial charge in [-0.05, 0) is 24.1 Å². The van der Waals surface area contributed by atoms with Crippen molar-refractivity contribution < 1.29 is 14.3 Å². The van der Waals surface area contributed by atoms with E-state index in [0.29, 0.717) is 19.1 Å². The van der Waals surface area contributed by atoms with E-state index in [1.165, 1.54) is 0 Å². The quantitative estimate of drug-likeness (QED) is 0.838. The van der Waals surface area contributed by atoms with E-state index in [4.69, 9.17) is 9.47 Å². The number of rotatable bonds is 6. The van der Waals surface area contributed by atoms with Crippen LogP contribution in [-0.4, -0.2) is 42.5 Å². The van der Waals surface area contributed by atoms with Crippen LogP contribution in [0.1, 0.15) is 23.9 Å². The van der Waals surface area contributed by atoms with Crippen LogP contribution in [0, 0.1) is 5.92 Å². The molecule has 7 nitrogen and oxygen atoms in total. The van der Waals surface area contributed by atoms with Gasteiger partial charge in [-0.3, -0.25) is 0 Å². The molecule has 2 atom stereocenters. The molecular weight excluding hydrogens is 320 g/mol. The predicted molar refractivity (Wildman–Crippen MR) is 93.5 cm³/mol. The van der Waals surface area contributed by atoms with Crippen molar-refractivity contribution in [2.75, 3.05) is 26.9 Å². The number of hydrogen-bond donors (Lipinski definition) is 2. The number of ether oxygens (including phenoxy) is 2. The van der Waals surface area contributed by atoms with Crippen molar-refractivity contribution in [3.8, 4) is 5.75 Å². The lowest BCUT2D eigenvalue weighted by Crippen LogP contribution is -2.41. The van der Waals surface area contributed by atoms with Crippen LogP contribution in [0.4, 0.5) is 4.79 Å². The molecule has 1 fully saturated rings. The number of aromatic nitrogens is 2. The Morgan fingerprint density at radius 3 is 2.84 bits per heavy atom. The van der Waals surface area contributed by atoms with Gasteiger partial charge in [-0.1, -0.05) is 12.1 Å². The van der Waals surface area contributed by atoms with E-state index in [-0.39, 0.29) is 12.1 Å². The van der Waals surface area contributed by atoms with E-state index in [2.05, 4.69) is 15.6 Å². The van der Waals surface area contributed by atoms with Crippen molar-refractivity contribution in [1.82, 2.24) is 20.2 Å². The third-order valence-electron chi connectivity index (χ3n) is 4.42. The molecule has 2 N–H and O–H groups in total. The number of nitrogens with one attached hydrogen (secondary N) is 2. The molecule has 0 radical (unpaired) electrons. The highest BCUT2D eigenvalue weighted by atomic mass is 16.5. The molecule has 25 heavy (non-hydrogen) atoms. The predicted octanol–water partition coefficient (Wildman–Crippen LogP) is 1.85. The summed E-state index contributed by atoms with van der Waals surface area (Å²) in [7, 11) is 3.54. The van der Waals surface area contributed by atoms with Crippen molar-refractivity contribution in [3.63, 3.8) is 0 Å². The van der Waals surface area contributed by atoms with Crippen LogP contribution < -0.4 is 15.4 Å². The van der Waals surface area contributed by atoms with Crippen molar-refractivity contribution in [2.24, 2.45) is 13.0 Å². The molecule has 134 valence electrons. The third kappa shape index (κ3) is 4.30. The van der Waals surface area contributed by atoms with E-state index in [1.807, 2.05) is 42.1 Å². The number of urea groups is 1. The highest BCUT2D eigenvalue weighted by Crippen LogP contribution is 2.23. The van der Waals surface area contributed by atoms with Gasteiger partial charge >= 0.3 is 6.03 Å². The Labute approximate surface area is 147 Å². The standard InChI is InChI=1S/C18H24N4O3/c1-22-9-8-19-17(22)16(14-3-5-15(24-2)6-4-14)21-18(23)20-11-13-7-10-25-12-13/h3-6,8-9,13,16H,7,10-12H2,1-2H3,(H2,20,21,23)/t13-,16+/m1/s1. The van der Waals surface area contributed by atoms with E-state index < -0.39 is 0 Å². The lowest BCUT2D eigenvalue weighted by molar-refractivity contribution is 0.185. The second-order valence-corrected chi connectivity index (χ2v) is 6.19. The molecule has 2 amide bonds.